The number of sulfonamides is 1. The average molecular weight is 407 g/mol. The second-order valence-electron chi connectivity index (χ2n) is 6.00. The number of nitrogens with one attached hydrogen (secondary N) is 2. The van der Waals surface area contributed by atoms with Crippen LogP contribution in [0.2, 0.25) is 5.02 Å². The van der Waals surface area contributed by atoms with Crippen LogP contribution in [0.1, 0.15) is 25.3 Å². The number of hydrogen-bond donors (Lipinski definition) is 2. The molecule has 0 spiro atoms. The molecule has 1 aliphatic heterocycles. The van der Waals surface area contributed by atoms with Gasteiger partial charge in [-0.2, -0.15) is 13.2 Å². The van der Waals surface area contributed by atoms with E-state index in [4.69, 9.17) is 11.6 Å². The molecule has 0 saturated carbocycles. The molecule has 0 bridgehead atoms. The fourth-order valence-corrected chi connectivity index (χ4v) is 4.51. The molecule has 24 heavy (non-hydrogen) atoms. The molecule has 1 aromatic carbocycles. The fraction of sp³-hybridized carbons (Fsp3) is 0.571. The van der Waals surface area contributed by atoms with Crippen LogP contribution >= 0.6 is 24.0 Å². The minimum Gasteiger partial charge on any atom is -0.317 e. The van der Waals surface area contributed by atoms with E-state index in [0.717, 1.165) is 38.1 Å². The molecule has 1 saturated heterocycles. The molecule has 0 radical (unpaired) electrons. The summed E-state index contributed by atoms with van der Waals surface area (Å²) in [7, 11) is -4.36. The van der Waals surface area contributed by atoms with Gasteiger partial charge in [-0.25, -0.2) is 13.1 Å². The number of halogens is 5. The maximum absolute atomic E-state index is 13.1. The maximum atomic E-state index is 13.1. The van der Waals surface area contributed by atoms with Crippen LogP contribution in [0.3, 0.4) is 0 Å². The summed E-state index contributed by atoms with van der Waals surface area (Å²) < 4.78 is 66.3. The Kier molecular flexibility index (Phi) is 6.97. The van der Waals surface area contributed by atoms with E-state index in [1.54, 1.807) is 0 Å². The molecule has 0 unspecified atom stereocenters. The molecule has 0 atom stereocenters. The Bertz CT molecular complexity index is 675. The highest BCUT2D eigenvalue weighted by Gasteiger charge is 2.39. The van der Waals surface area contributed by atoms with Crippen LogP contribution in [0.25, 0.3) is 0 Å². The monoisotopic (exact) mass is 406 g/mol. The zero-order chi connectivity index (χ0) is 17.3. The molecule has 0 amide bonds. The van der Waals surface area contributed by atoms with Crippen LogP contribution in [0.5, 0.6) is 0 Å². The Hall–Kier alpha value is -0.540. The quantitative estimate of drug-likeness (QED) is 0.804. The Balaban J connectivity index is 0.00000288. The van der Waals surface area contributed by atoms with Gasteiger partial charge in [0.05, 0.1) is 10.6 Å². The van der Waals surface area contributed by atoms with Gasteiger partial charge in [0, 0.05) is 6.54 Å². The lowest BCUT2D eigenvalue weighted by Gasteiger charge is -2.34. The molecule has 2 rings (SSSR count). The van der Waals surface area contributed by atoms with Crippen LogP contribution in [0, 0.1) is 5.41 Å². The van der Waals surface area contributed by atoms with Gasteiger partial charge in [0.2, 0.25) is 10.0 Å². The van der Waals surface area contributed by atoms with Crippen molar-refractivity contribution in [1.82, 2.24) is 10.0 Å². The van der Waals surface area contributed by atoms with Crippen molar-refractivity contribution in [3.8, 4) is 0 Å². The van der Waals surface area contributed by atoms with Crippen molar-refractivity contribution in [3.05, 3.63) is 28.8 Å². The van der Waals surface area contributed by atoms with Crippen molar-refractivity contribution in [3.63, 3.8) is 0 Å². The first-order valence-electron chi connectivity index (χ1n) is 7.11. The lowest BCUT2D eigenvalue weighted by atomic mass is 9.81. The van der Waals surface area contributed by atoms with Crippen molar-refractivity contribution in [2.24, 2.45) is 5.41 Å². The van der Waals surface area contributed by atoms with Crippen LogP contribution in [0.15, 0.2) is 23.1 Å². The zero-order valence-electron chi connectivity index (χ0n) is 12.9. The van der Waals surface area contributed by atoms with Crippen LogP contribution in [-0.2, 0) is 16.2 Å². The Morgan fingerprint density at radius 3 is 2.42 bits per heavy atom. The van der Waals surface area contributed by atoms with E-state index in [9.17, 15) is 21.6 Å². The summed E-state index contributed by atoms with van der Waals surface area (Å²) in [6.07, 6.45) is -3.32. The lowest BCUT2D eigenvalue weighted by Crippen LogP contribution is -2.43. The molecule has 0 aromatic heterocycles. The van der Waals surface area contributed by atoms with E-state index >= 15 is 0 Å². The second-order valence-corrected chi connectivity index (χ2v) is 8.11. The van der Waals surface area contributed by atoms with Gasteiger partial charge in [-0.15, -0.1) is 12.4 Å². The predicted octanol–water partition coefficient (Wildman–Crippen LogP) is 3.45. The Morgan fingerprint density at radius 1 is 1.29 bits per heavy atom. The van der Waals surface area contributed by atoms with Crippen molar-refractivity contribution >= 4 is 34.0 Å². The van der Waals surface area contributed by atoms with Gasteiger partial charge >= 0.3 is 6.18 Å². The Labute approximate surface area is 150 Å². The lowest BCUT2D eigenvalue weighted by molar-refractivity contribution is -0.139. The first-order valence-corrected chi connectivity index (χ1v) is 8.97. The van der Waals surface area contributed by atoms with Gasteiger partial charge in [0.15, 0.2) is 0 Å². The van der Waals surface area contributed by atoms with Crippen LogP contribution in [0.4, 0.5) is 13.2 Å². The van der Waals surface area contributed by atoms with Gasteiger partial charge in [0.1, 0.15) is 4.90 Å². The molecule has 10 heteroatoms. The zero-order valence-corrected chi connectivity index (χ0v) is 15.3. The number of benzene rings is 1. The normalized spacial score (nSPS) is 18.0. The largest absolute Gasteiger partial charge is 0.417 e. The highest BCUT2D eigenvalue weighted by molar-refractivity contribution is 7.89. The third-order valence-corrected chi connectivity index (χ3v) is 5.97. The summed E-state index contributed by atoms with van der Waals surface area (Å²) in [6.45, 7) is 3.48. The molecular weight excluding hydrogens is 388 g/mol. The Morgan fingerprint density at radius 2 is 1.88 bits per heavy atom. The summed E-state index contributed by atoms with van der Waals surface area (Å²) in [5, 5.41) is 2.72. The molecule has 0 aliphatic carbocycles. The molecule has 1 heterocycles. The standard InChI is InChI=1S/C14H18ClF3N2O2S.ClH/c1-13(5-7-19-8-6-13)9-20-23(21,22)12-10(14(16,17)18)3-2-4-11(12)15;/h2-4,19-20H,5-9H2,1H3;1H. The molecule has 2 N–H and O–H groups in total. The molecular formula is C14H19Cl2F3N2O2S. The van der Waals surface area contributed by atoms with Gasteiger partial charge < -0.3 is 5.32 Å². The third-order valence-electron chi connectivity index (χ3n) is 4.04. The van der Waals surface area contributed by atoms with E-state index in [0.29, 0.717) is 6.07 Å². The van der Waals surface area contributed by atoms with E-state index in [1.807, 2.05) is 6.92 Å². The minimum atomic E-state index is -4.80. The van der Waals surface area contributed by atoms with Crippen LogP contribution in [-0.4, -0.2) is 28.1 Å². The van der Waals surface area contributed by atoms with Crippen molar-refractivity contribution in [2.45, 2.75) is 30.8 Å². The molecule has 1 aliphatic rings. The average Bonchev–Trinajstić information content (AvgIpc) is 2.45. The fourth-order valence-electron chi connectivity index (χ4n) is 2.55. The number of alkyl halides is 3. The van der Waals surface area contributed by atoms with Crippen molar-refractivity contribution in [1.29, 1.82) is 0 Å². The molecule has 138 valence electrons. The van der Waals surface area contributed by atoms with Crippen molar-refractivity contribution in [2.75, 3.05) is 19.6 Å². The van der Waals surface area contributed by atoms with Gasteiger partial charge in [0.25, 0.3) is 0 Å². The highest BCUT2D eigenvalue weighted by atomic mass is 35.5. The van der Waals surface area contributed by atoms with E-state index < -0.39 is 31.7 Å². The van der Waals surface area contributed by atoms with Crippen molar-refractivity contribution < 1.29 is 21.6 Å². The molecule has 4 nitrogen and oxygen atoms in total. The van der Waals surface area contributed by atoms with Gasteiger partial charge in [-0.1, -0.05) is 24.6 Å². The van der Waals surface area contributed by atoms with E-state index in [-0.39, 0.29) is 24.4 Å². The predicted molar refractivity (Wildman–Crippen MR) is 89.1 cm³/mol. The van der Waals surface area contributed by atoms with E-state index in [2.05, 4.69) is 10.0 Å². The summed E-state index contributed by atoms with van der Waals surface area (Å²) in [5.41, 5.74) is -1.55. The first-order chi connectivity index (χ1) is 10.6. The summed E-state index contributed by atoms with van der Waals surface area (Å²) in [5.74, 6) is 0. The number of hydrogen-bond acceptors (Lipinski definition) is 3. The third kappa shape index (κ3) is 4.98. The molecule has 1 aromatic rings. The maximum Gasteiger partial charge on any atom is 0.417 e. The minimum absolute atomic E-state index is 0. The van der Waals surface area contributed by atoms with Gasteiger partial charge in [-0.3, -0.25) is 0 Å². The van der Waals surface area contributed by atoms with Gasteiger partial charge in [-0.05, 0) is 43.5 Å². The van der Waals surface area contributed by atoms with E-state index in [1.165, 1.54) is 0 Å². The number of piperidine rings is 1. The molecule has 1 fully saturated rings. The number of rotatable bonds is 4. The topological polar surface area (TPSA) is 58.2 Å². The summed E-state index contributed by atoms with van der Waals surface area (Å²) in [6, 6.07) is 2.93. The summed E-state index contributed by atoms with van der Waals surface area (Å²) in [4.78, 5) is -0.910. The smallest absolute Gasteiger partial charge is 0.317 e. The summed E-state index contributed by atoms with van der Waals surface area (Å²) >= 11 is 5.75. The highest BCUT2D eigenvalue weighted by Crippen LogP contribution is 2.37. The first kappa shape index (κ1) is 21.5. The van der Waals surface area contributed by atoms with Crippen LogP contribution < -0.4 is 10.0 Å². The second kappa shape index (κ2) is 7.78. The SMILES string of the molecule is CC1(CNS(=O)(=O)c2c(Cl)cccc2C(F)(F)F)CCNCC1.Cl.